The summed E-state index contributed by atoms with van der Waals surface area (Å²) in [5.41, 5.74) is 0. The van der Waals surface area contributed by atoms with E-state index in [4.69, 9.17) is 0 Å². The monoisotopic (exact) mass is 252 g/mol. The van der Waals surface area contributed by atoms with Crippen LogP contribution < -0.4 is 0 Å². The van der Waals surface area contributed by atoms with Crippen LogP contribution in [0.2, 0.25) is 0 Å². The summed E-state index contributed by atoms with van der Waals surface area (Å²) in [7, 11) is 0. The summed E-state index contributed by atoms with van der Waals surface area (Å²) in [6.07, 6.45) is 7.43. The Morgan fingerprint density at radius 2 is 1.89 bits per heavy atom. The second kappa shape index (κ2) is 5.17. The van der Waals surface area contributed by atoms with Crippen LogP contribution in [-0.2, 0) is 4.79 Å². The topological polar surface area (TPSA) is 43.8 Å². The van der Waals surface area contributed by atoms with Crippen molar-refractivity contribution in [1.82, 2.24) is 9.80 Å². The SMILES string of the molecule is O=C(O)CN(C1CCCC1)C1CCN2CCC1C2. The molecule has 3 unspecified atom stereocenters. The number of rotatable bonds is 4. The fourth-order valence-corrected chi connectivity index (χ4v) is 4.28. The molecule has 0 aromatic carbocycles. The summed E-state index contributed by atoms with van der Waals surface area (Å²) in [4.78, 5) is 16.0. The summed E-state index contributed by atoms with van der Waals surface area (Å²) in [5.74, 6) is 0.0704. The highest BCUT2D eigenvalue weighted by Crippen LogP contribution is 2.34. The Morgan fingerprint density at radius 3 is 2.61 bits per heavy atom. The predicted octanol–water partition coefficient (Wildman–Crippen LogP) is 1.41. The zero-order valence-corrected chi connectivity index (χ0v) is 11.1. The molecule has 3 fully saturated rings. The molecule has 3 aliphatic rings. The zero-order valence-electron chi connectivity index (χ0n) is 11.1. The normalized spacial score (nSPS) is 36.4. The summed E-state index contributed by atoms with van der Waals surface area (Å²) in [6, 6.07) is 1.07. The lowest BCUT2D eigenvalue weighted by Crippen LogP contribution is -2.51. The maximum Gasteiger partial charge on any atom is 0.317 e. The Kier molecular flexibility index (Phi) is 3.57. The molecular formula is C14H24N2O2. The molecule has 4 nitrogen and oxygen atoms in total. The Bertz CT molecular complexity index is 315. The van der Waals surface area contributed by atoms with Crippen LogP contribution in [0.4, 0.5) is 0 Å². The van der Waals surface area contributed by atoms with E-state index in [0.29, 0.717) is 12.1 Å². The Labute approximate surface area is 109 Å². The molecule has 18 heavy (non-hydrogen) atoms. The van der Waals surface area contributed by atoms with E-state index >= 15 is 0 Å². The lowest BCUT2D eigenvalue weighted by molar-refractivity contribution is -0.140. The van der Waals surface area contributed by atoms with Crippen molar-refractivity contribution < 1.29 is 9.90 Å². The number of carbonyl (C=O) groups is 1. The first-order valence-corrected chi connectivity index (χ1v) is 7.44. The number of hydrogen-bond acceptors (Lipinski definition) is 3. The van der Waals surface area contributed by atoms with Gasteiger partial charge in [0.05, 0.1) is 6.54 Å². The molecule has 0 aromatic rings. The molecule has 3 atom stereocenters. The third-order valence-electron chi connectivity index (χ3n) is 5.13. The Hall–Kier alpha value is -0.610. The van der Waals surface area contributed by atoms with Crippen LogP contribution in [0.25, 0.3) is 0 Å². The van der Waals surface area contributed by atoms with E-state index < -0.39 is 5.97 Å². The molecule has 3 rings (SSSR count). The van der Waals surface area contributed by atoms with E-state index in [1.54, 1.807) is 0 Å². The van der Waals surface area contributed by atoms with E-state index in [1.807, 2.05) is 0 Å². The minimum atomic E-state index is -0.651. The van der Waals surface area contributed by atoms with Crippen LogP contribution in [0.3, 0.4) is 0 Å². The standard InChI is InChI=1S/C14H24N2O2/c17-14(18)10-16(12-3-1-2-4-12)13-6-8-15-7-5-11(13)9-15/h11-13H,1-10H2,(H,17,18). The van der Waals surface area contributed by atoms with E-state index in [2.05, 4.69) is 9.80 Å². The molecule has 2 aliphatic heterocycles. The molecule has 0 amide bonds. The molecule has 2 bridgehead atoms. The summed E-state index contributed by atoms with van der Waals surface area (Å²) in [6.45, 7) is 3.86. The van der Waals surface area contributed by atoms with Gasteiger partial charge >= 0.3 is 5.97 Å². The fraction of sp³-hybridized carbons (Fsp3) is 0.929. The van der Waals surface area contributed by atoms with Crippen molar-refractivity contribution in [3.05, 3.63) is 0 Å². The van der Waals surface area contributed by atoms with Gasteiger partial charge in [0, 0.05) is 18.6 Å². The fourth-order valence-electron chi connectivity index (χ4n) is 4.28. The van der Waals surface area contributed by atoms with Gasteiger partial charge < -0.3 is 10.0 Å². The maximum atomic E-state index is 11.2. The van der Waals surface area contributed by atoms with Gasteiger partial charge in [-0.25, -0.2) is 0 Å². The van der Waals surface area contributed by atoms with Crippen molar-refractivity contribution in [2.45, 2.75) is 50.6 Å². The smallest absolute Gasteiger partial charge is 0.317 e. The van der Waals surface area contributed by atoms with Crippen LogP contribution >= 0.6 is 0 Å². The lowest BCUT2D eigenvalue weighted by atomic mass is 9.91. The predicted molar refractivity (Wildman–Crippen MR) is 69.5 cm³/mol. The van der Waals surface area contributed by atoms with Gasteiger partial charge in [0.25, 0.3) is 0 Å². The molecule has 0 aromatic heterocycles. The minimum absolute atomic E-state index is 0.256. The number of carboxylic acid groups (broad SMARTS) is 1. The van der Waals surface area contributed by atoms with Crippen LogP contribution in [0, 0.1) is 5.92 Å². The summed E-state index contributed by atoms with van der Waals surface area (Å²) >= 11 is 0. The van der Waals surface area contributed by atoms with Crippen LogP contribution in [0.5, 0.6) is 0 Å². The third-order valence-corrected chi connectivity index (χ3v) is 5.13. The van der Waals surface area contributed by atoms with Gasteiger partial charge in [-0.15, -0.1) is 0 Å². The average molecular weight is 252 g/mol. The van der Waals surface area contributed by atoms with Crippen LogP contribution in [0.15, 0.2) is 0 Å². The molecule has 1 N–H and O–H groups in total. The number of hydrogen-bond donors (Lipinski definition) is 1. The second-order valence-corrected chi connectivity index (χ2v) is 6.21. The van der Waals surface area contributed by atoms with Gasteiger partial charge in [-0.1, -0.05) is 12.8 Å². The molecule has 1 saturated carbocycles. The van der Waals surface area contributed by atoms with E-state index in [0.717, 1.165) is 5.92 Å². The zero-order chi connectivity index (χ0) is 12.5. The van der Waals surface area contributed by atoms with Crippen molar-refractivity contribution in [3.8, 4) is 0 Å². The maximum absolute atomic E-state index is 11.2. The van der Waals surface area contributed by atoms with Crippen molar-refractivity contribution in [2.75, 3.05) is 26.2 Å². The van der Waals surface area contributed by atoms with Gasteiger partial charge in [0.2, 0.25) is 0 Å². The van der Waals surface area contributed by atoms with E-state index in [-0.39, 0.29) is 6.54 Å². The second-order valence-electron chi connectivity index (χ2n) is 6.21. The number of fused-ring (bicyclic) bond motifs is 2. The van der Waals surface area contributed by atoms with Gasteiger partial charge in [-0.05, 0) is 44.7 Å². The number of piperidine rings is 1. The molecule has 2 saturated heterocycles. The number of nitrogens with zero attached hydrogens (tertiary/aromatic N) is 2. The van der Waals surface area contributed by atoms with Crippen LogP contribution in [-0.4, -0.2) is 59.1 Å². The third kappa shape index (κ3) is 2.41. The van der Waals surface area contributed by atoms with Crippen molar-refractivity contribution in [2.24, 2.45) is 5.92 Å². The van der Waals surface area contributed by atoms with Gasteiger partial charge in [0.1, 0.15) is 0 Å². The quantitative estimate of drug-likeness (QED) is 0.821. The molecule has 4 heteroatoms. The lowest BCUT2D eigenvalue weighted by Gasteiger charge is -2.41. The first-order chi connectivity index (χ1) is 8.74. The summed E-state index contributed by atoms with van der Waals surface area (Å²) in [5, 5.41) is 9.19. The average Bonchev–Trinajstić information content (AvgIpc) is 2.97. The Morgan fingerprint density at radius 1 is 1.17 bits per heavy atom. The molecular weight excluding hydrogens is 228 g/mol. The molecule has 0 spiro atoms. The van der Waals surface area contributed by atoms with Crippen LogP contribution in [0.1, 0.15) is 38.5 Å². The number of carboxylic acids is 1. The highest BCUT2D eigenvalue weighted by Gasteiger charge is 2.40. The molecule has 1 aliphatic carbocycles. The van der Waals surface area contributed by atoms with Gasteiger partial charge in [0.15, 0.2) is 0 Å². The molecule has 102 valence electrons. The number of aliphatic carboxylic acids is 1. The minimum Gasteiger partial charge on any atom is -0.480 e. The first kappa shape index (κ1) is 12.4. The van der Waals surface area contributed by atoms with Crippen molar-refractivity contribution in [3.63, 3.8) is 0 Å². The van der Waals surface area contributed by atoms with Crippen molar-refractivity contribution >= 4 is 5.97 Å². The van der Waals surface area contributed by atoms with Gasteiger partial charge in [-0.3, -0.25) is 9.69 Å². The van der Waals surface area contributed by atoms with E-state index in [1.165, 1.54) is 58.2 Å². The highest BCUT2D eigenvalue weighted by molar-refractivity contribution is 5.69. The Balaban J connectivity index is 1.72. The van der Waals surface area contributed by atoms with Gasteiger partial charge in [-0.2, -0.15) is 0 Å². The van der Waals surface area contributed by atoms with E-state index in [9.17, 15) is 9.90 Å². The van der Waals surface area contributed by atoms with Crippen molar-refractivity contribution in [1.29, 1.82) is 0 Å². The largest absolute Gasteiger partial charge is 0.480 e. The molecule has 0 radical (unpaired) electrons. The summed E-state index contributed by atoms with van der Waals surface area (Å²) < 4.78 is 0. The highest BCUT2D eigenvalue weighted by atomic mass is 16.4. The first-order valence-electron chi connectivity index (χ1n) is 7.44. The molecule has 2 heterocycles.